The second-order valence-electron chi connectivity index (χ2n) is 6.87. The van der Waals surface area contributed by atoms with Gasteiger partial charge in [0.1, 0.15) is 19.0 Å². The molecule has 3 aromatic rings. The van der Waals surface area contributed by atoms with Crippen molar-refractivity contribution < 1.29 is 22.4 Å². The van der Waals surface area contributed by atoms with Crippen LogP contribution in [0, 0.1) is 13.8 Å². The number of fused-ring (bicyclic) bond motifs is 1. The number of hydrogen-bond donors (Lipinski definition) is 0. The molecule has 1 aliphatic heterocycles. The molecule has 0 saturated carbocycles. The van der Waals surface area contributed by atoms with Crippen molar-refractivity contribution in [3.63, 3.8) is 0 Å². The first-order valence-electron chi connectivity index (χ1n) is 9.30. The third kappa shape index (κ3) is 3.99. The Morgan fingerprint density at radius 3 is 2.38 bits per heavy atom. The van der Waals surface area contributed by atoms with Crippen molar-refractivity contribution in [3.05, 3.63) is 71.1 Å². The monoisotopic (exact) mass is 414 g/mol. The Bertz CT molecular complexity index is 1090. The fourth-order valence-corrected chi connectivity index (χ4v) is 4.66. The highest BCUT2D eigenvalue weighted by Crippen LogP contribution is 2.34. The number of benzene rings is 2. The Hall–Kier alpha value is -2.84. The molecule has 0 aliphatic carbocycles. The Morgan fingerprint density at radius 2 is 1.69 bits per heavy atom. The van der Waals surface area contributed by atoms with Gasteiger partial charge in [0.2, 0.25) is 10.0 Å². The van der Waals surface area contributed by atoms with E-state index in [0.29, 0.717) is 36.2 Å². The first kappa shape index (κ1) is 19.5. The summed E-state index contributed by atoms with van der Waals surface area (Å²) in [5.74, 6) is 1.60. The normalized spacial score (nSPS) is 13.6. The second kappa shape index (κ2) is 7.88. The van der Waals surface area contributed by atoms with Gasteiger partial charge in [-0.15, -0.1) is 0 Å². The molecule has 0 bridgehead atoms. The van der Waals surface area contributed by atoms with Crippen LogP contribution in [0.5, 0.6) is 11.5 Å². The van der Waals surface area contributed by atoms with Gasteiger partial charge >= 0.3 is 0 Å². The van der Waals surface area contributed by atoms with Crippen LogP contribution < -0.4 is 9.47 Å². The van der Waals surface area contributed by atoms with Gasteiger partial charge in [0.05, 0.1) is 10.6 Å². The molecule has 29 heavy (non-hydrogen) atoms. The van der Waals surface area contributed by atoms with Crippen LogP contribution in [0.1, 0.15) is 22.6 Å². The smallest absolute Gasteiger partial charge is 0.243 e. The lowest BCUT2D eigenvalue weighted by Crippen LogP contribution is -2.31. The molecule has 0 N–H and O–H groups in total. The summed E-state index contributed by atoms with van der Waals surface area (Å²) in [4.78, 5) is 0.157. The molecule has 2 heterocycles. The molecule has 0 radical (unpaired) electrons. The highest BCUT2D eigenvalue weighted by Gasteiger charge is 2.28. The predicted molar refractivity (Wildman–Crippen MR) is 106 cm³/mol. The van der Waals surface area contributed by atoms with Crippen molar-refractivity contribution in [2.75, 3.05) is 13.2 Å². The van der Waals surface area contributed by atoms with E-state index in [9.17, 15) is 8.42 Å². The van der Waals surface area contributed by atoms with Gasteiger partial charge in [-0.1, -0.05) is 35.5 Å². The number of nitrogens with zero attached hydrogens (tertiary/aromatic N) is 2. The molecule has 4 rings (SSSR count). The maximum Gasteiger partial charge on any atom is 0.243 e. The summed E-state index contributed by atoms with van der Waals surface area (Å²) < 4.78 is 44.8. The Kier molecular flexibility index (Phi) is 5.29. The van der Waals surface area contributed by atoms with E-state index in [2.05, 4.69) is 5.16 Å². The van der Waals surface area contributed by atoms with Crippen LogP contribution in [-0.2, 0) is 23.1 Å². The largest absolute Gasteiger partial charge is 0.486 e. The van der Waals surface area contributed by atoms with Gasteiger partial charge in [-0.3, -0.25) is 0 Å². The summed E-state index contributed by atoms with van der Waals surface area (Å²) in [5.41, 5.74) is 2.33. The lowest BCUT2D eigenvalue weighted by Gasteiger charge is -2.24. The lowest BCUT2D eigenvalue weighted by atomic mass is 10.2. The predicted octanol–water partition coefficient (Wildman–Crippen LogP) is 3.45. The minimum atomic E-state index is -3.81. The van der Waals surface area contributed by atoms with E-state index in [1.165, 1.54) is 10.4 Å². The van der Waals surface area contributed by atoms with Gasteiger partial charge in [-0.2, -0.15) is 4.31 Å². The highest BCUT2D eigenvalue weighted by atomic mass is 32.2. The Labute approximate surface area is 169 Å². The van der Waals surface area contributed by atoms with Crippen LogP contribution in [0.2, 0.25) is 0 Å². The number of aromatic nitrogens is 1. The summed E-state index contributed by atoms with van der Waals surface area (Å²) in [6, 6.07) is 14.2. The first-order valence-corrected chi connectivity index (χ1v) is 10.7. The van der Waals surface area contributed by atoms with Gasteiger partial charge in [0.15, 0.2) is 11.5 Å². The standard InChI is InChI=1S/C21H22N2O5S/c1-15-19(16(2)28-22-15)14-23(13-17-6-4-3-5-7-17)29(24,25)18-8-9-20-21(12-18)27-11-10-26-20/h3-9,12H,10-11,13-14H2,1-2H3. The maximum atomic E-state index is 13.5. The summed E-state index contributed by atoms with van der Waals surface area (Å²) in [5, 5.41) is 3.96. The van der Waals surface area contributed by atoms with E-state index in [-0.39, 0.29) is 18.0 Å². The van der Waals surface area contributed by atoms with Crippen molar-refractivity contribution >= 4 is 10.0 Å². The quantitative estimate of drug-likeness (QED) is 0.614. The Morgan fingerprint density at radius 1 is 0.966 bits per heavy atom. The molecule has 2 aromatic carbocycles. The molecule has 1 aromatic heterocycles. The second-order valence-corrected chi connectivity index (χ2v) is 8.80. The summed E-state index contributed by atoms with van der Waals surface area (Å²) in [7, 11) is -3.81. The van der Waals surface area contributed by atoms with Gasteiger partial charge in [0, 0.05) is 24.7 Å². The number of ether oxygens (including phenoxy) is 2. The van der Waals surface area contributed by atoms with Crippen LogP contribution in [0.15, 0.2) is 57.9 Å². The van der Waals surface area contributed by atoms with Gasteiger partial charge < -0.3 is 14.0 Å². The minimum absolute atomic E-state index is 0.157. The molecule has 0 amide bonds. The average molecular weight is 414 g/mol. The Balaban J connectivity index is 1.72. The van der Waals surface area contributed by atoms with E-state index in [1.807, 2.05) is 37.3 Å². The summed E-state index contributed by atoms with van der Waals surface area (Å²) >= 11 is 0. The zero-order valence-electron chi connectivity index (χ0n) is 16.3. The molecule has 0 atom stereocenters. The van der Waals surface area contributed by atoms with Crippen LogP contribution >= 0.6 is 0 Å². The molecular formula is C21H22N2O5S. The van der Waals surface area contributed by atoms with E-state index in [4.69, 9.17) is 14.0 Å². The maximum absolute atomic E-state index is 13.5. The van der Waals surface area contributed by atoms with Crippen LogP contribution in [0.4, 0.5) is 0 Å². The van der Waals surface area contributed by atoms with Crippen molar-refractivity contribution in [1.82, 2.24) is 9.46 Å². The SMILES string of the molecule is Cc1noc(C)c1CN(Cc1ccccc1)S(=O)(=O)c1ccc2c(c1)OCCO2. The zero-order valence-corrected chi connectivity index (χ0v) is 17.1. The summed E-state index contributed by atoms with van der Waals surface area (Å²) in [6.07, 6.45) is 0. The third-order valence-corrected chi connectivity index (χ3v) is 6.66. The van der Waals surface area contributed by atoms with Crippen molar-refractivity contribution in [1.29, 1.82) is 0 Å². The molecular weight excluding hydrogens is 392 g/mol. The van der Waals surface area contributed by atoms with Crippen molar-refractivity contribution in [2.45, 2.75) is 31.8 Å². The molecule has 152 valence electrons. The first-order chi connectivity index (χ1) is 13.9. The van der Waals surface area contributed by atoms with Crippen LogP contribution in [0.3, 0.4) is 0 Å². The van der Waals surface area contributed by atoms with Gasteiger partial charge in [0.25, 0.3) is 0 Å². The molecule has 0 saturated heterocycles. The fraction of sp³-hybridized carbons (Fsp3) is 0.286. The number of sulfonamides is 1. The van der Waals surface area contributed by atoms with Crippen molar-refractivity contribution in [2.24, 2.45) is 0 Å². The van der Waals surface area contributed by atoms with E-state index >= 15 is 0 Å². The summed E-state index contributed by atoms with van der Waals surface area (Å²) in [6.45, 7) is 4.82. The molecule has 0 spiro atoms. The zero-order chi connectivity index (χ0) is 20.4. The van der Waals surface area contributed by atoms with E-state index in [0.717, 1.165) is 11.1 Å². The lowest BCUT2D eigenvalue weighted by molar-refractivity contribution is 0.171. The number of rotatable bonds is 6. The topological polar surface area (TPSA) is 81.9 Å². The van der Waals surface area contributed by atoms with E-state index in [1.54, 1.807) is 19.1 Å². The van der Waals surface area contributed by atoms with Crippen LogP contribution in [0.25, 0.3) is 0 Å². The molecule has 1 aliphatic rings. The molecule has 7 nitrogen and oxygen atoms in total. The molecule has 8 heteroatoms. The molecule has 0 unspecified atom stereocenters. The van der Waals surface area contributed by atoms with E-state index < -0.39 is 10.0 Å². The fourth-order valence-electron chi connectivity index (χ4n) is 3.25. The highest BCUT2D eigenvalue weighted by molar-refractivity contribution is 7.89. The van der Waals surface area contributed by atoms with Crippen molar-refractivity contribution in [3.8, 4) is 11.5 Å². The number of hydrogen-bond acceptors (Lipinski definition) is 6. The molecule has 0 fully saturated rings. The number of aryl methyl sites for hydroxylation is 2. The minimum Gasteiger partial charge on any atom is -0.486 e. The van der Waals surface area contributed by atoms with Gasteiger partial charge in [-0.05, 0) is 31.5 Å². The third-order valence-electron chi connectivity index (χ3n) is 4.87. The van der Waals surface area contributed by atoms with Crippen LogP contribution in [-0.4, -0.2) is 31.1 Å². The average Bonchev–Trinajstić information content (AvgIpc) is 3.05. The van der Waals surface area contributed by atoms with Gasteiger partial charge in [-0.25, -0.2) is 8.42 Å².